The summed E-state index contributed by atoms with van der Waals surface area (Å²) in [5, 5.41) is 11.2. The highest BCUT2D eigenvalue weighted by Crippen LogP contribution is 2.33. The highest BCUT2D eigenvalue weighted by Gasteiger charge is 2.34. The first-order valence-electron chi connectivity index (χ1n) is 6.63. The van der Waals surface area contributed by atoms with Crippen LogP contribution in [-0.4, -0.2) is 33.1 Å². The van der Waals surface area contributed by atoms with E-state index in [0.717, 1.165) is 25.8 Å². The maximum Gasteiger partial charge on any atom is 0.406 e. The third kappa shape index (κ3) is 2.42. The summed E-state index contributed by atoms with van der Waals surface area (Å²) in [6, 6.07) is 0.123. The predicted molar refractivity (Wildman–Crippen MR) is 73.2 cm³/mol. The van der Waals surface area contributed by atoms with Crippen LogP contribution in [0.1, 0.15) is 32.0 Å². The molecule has 1 fully saturated rings. The van der Waals surface area contributed by atoms with Gasteiger partial charge in [0.2, 0.25) is 11.6 Å². The molecule has 7 nitrogen and oxygen atoms in total. The number of rotatable bonds is 3. The Morgan fingerprint density at radius 2 is 2.21 bits per heavy atom. The quantitative estimate of drug-likeness (QED) is 0.659. The summed E-state index contributed by atoms with van der Waals surface area (Å²) in [6.07, 6.45) is 3.12. The Kier molecular flexibility index (Phi) is 3.75. The van der Waals surface area contributed by atoms with Crippen LogP contribution in [0.3, 0.4) is 0 Å². The lowest BCUT2D eigenvalue weighted by Crippen LogP contribution is -2.50. The Morgan fingerprint density at radius 1 is 1.53 bits per heavy atom. The number of nitrogens with two attached hydrogens (primary N) is 1. The molecule has 0 saturated carbocycles. The van der Waals surface area contributed by atoms with Crippen LogP contribution < -0.4 is 10.6 Å². The Hall–Kier alpha value is -1.63. The first-order valence-corrected chi connectivity index (χ1v) is 6.63. The molecule has 2 N–H and O–H groups in total. The minimum atomic E-state index is -0.408. The molecular weight excluding hydrogens is 246 g/mol. The van der Waals surface area contributed by atoms with Crippen molar-refractivity contribution < 1.29 is 4.92 Å². The van der Waals surface area contributed by atoms with Crippen molar-refractivity contribution in [2.75, 3.05) is 11.4 Å². The average Bonchev–Trinajstić information content (AvgIpc) is 2.66. The number of hydrogen-bond donors (Lipinski definition) is 1. The predicted octanol–water partition coefficient (Wildman–Crippen LogP) is 1.34. The van der Waals surface area contributed by atoms with Crippen LogP contribution in [0.15, 0.2) is 0 Å². The van der Waals surface area contributed by atoms with Crippen LogP contribution in [0, 0.1) is 17.0 Å². The lowest BCUT2D eigenvalue weighted by Gasteiger charge is -2.38. The van der Waals surface area contributed by atoms with Crippen molar-refractivity contribution >= 4 is 11.6 Å². The van der Waals surface area contributed by atoms with Crippen molar-refractivity contribution in [3.05, 3.63) is 15.9 Å². The van der Waals surface area contributed by atoms with Crippen molar-refractivity contribution in [1.29, 1.82) is 0 Å². The minimum Gasteiger partial charge on any atom is -0.358 e. The third-order valence-corrected chi connectivity index (χ3v) is 3.87. The van der Waals surface area contributed by atoms with Gasteiger partial charge in [0, 0.05) is 32.6 Å². The van der Waals surface area contributed by atoms with E-state index in [0.29, 0.717) is 11.6 Å². The summed E-state index contributed by atoms with van der Waals surface area (Å²) in [6.45, 7) is 4.53. The summed E-state index contributed by atoms with van der Waals surface area (Å²) in [5.74, 6) is 1.17. The zero-order valence-electron chi connectivity index (χ0n) is 11.7. The zero-order valence-corrected chi connectivity index (χ0v) is 11.7. The van der Waals surface area contributed by atoms with E-state index in [9.17, 15) is 10.1 Å². The number of piperidine rings is 1. The van der Waals surface area contributed by atoms with Gasteiger partial charge in [0.25, 0.3) is 0 Å². The number of nitrogens with zero attached hydrogens (tertiary/aromatic N) is 4. The number of aromatic nitrogens is 2. The van der Waals surface area contributed by atoms with Crippen LogP contribution in [0.25, 0.3) is 0 Å². The van der Waals surface area contributed by atoms with Gasteiger partial charge in [-0.1, -0.05) is 0 Å². The summed E-state index contributed by atoms with van der Waals surface area (Å²) < 4.78 is 1.79. The van der Waals surface area contributed by atoms with E-state index in [4.69, 9.17) is 5.73 Å². The van der Waals surface area contributed by atoms with E-state index in [-0.39, 0.29) is 17.9 Å². The van der Waals surface area contributed by atoms with E-state index in [1.807, 2.05) is 14.0 Å². The highest BCUT2D eigenvalue weighted by atomic mass is 16.6. The largest absolute Gasteiger partial charge is 0.406 e. The zero-order chi connectivity index (χ0) is 14.2. The average molecular weight is 267 g/mol. The fourth-order valence-electron chi connectivity index (χ4n) is 2.79. The molecule has 0 amide bonds. The van der Waals surface area contributed by atoms with Gasteiger partial charge in [-0.05, 0) is 36.1 Å². The molecule has 2 rings (SSSR count). The number of nitro groups is 1. The van der Waals surface area contributed by atoms with Gasteiger partial charge >= 0.3 is 5.82 Å². The minimum absolute atomic E-state index is 0.0184. The number of hydrogen-bond acceptors (Lipinski definition) is 5. The fraction of sp³-hybridized carbons (Fsp3) is 0.750. The second kappa shape index (κ2) is 5.16. The molecule has 2 heterocycles. The topological polar surface area (TPSA) is 90.2 Å². The Bertz CT molecular complexity index is 483. The Morgan fingerprint density at radius 3 is 2.79 bits per heavy atom. The lowest BCUT2D eigenvalue weighted by atomic mass is 9.97. The number of anilines is 1. The monoisotopic (exact) mass is 267 g/mol. The molecule has 1 aromatic heterocycles. The van der Waals surface area contributed by atoms with Crippen molar-refractivity contribution in [1.82, 2.24) is 9.55 Å². The molecule has 1 saturated heterocycles. The van der Waals surface area contributed by atoms with E-state index < -0.39 is 4.92 Å². The molecule has 0 aromatic carbocycles. The van der Waals surface area contributed by atoms with Gasteiger partial charge in [-0.25, -0.2) is 0 Å². The van der Waals surface area contributed by atoms with Crippen LogP contribution in [-0.2, 0) is 7.05 Å². The molecule has 2 atom stereocenters. The lowest BCUT2D eigenvalue weighted by molar-refractivity contribution is -0.388. The molecule has 106 valence electrons. The first-order chi connectivity index (χ1) is 8.93. The molecule has 0 aliphatic carbocycles. The van der Waals surface area contributed by atoms with Gasteiger partial charge in [0.05, 0.1) is 0 Å². The van der Waals surface area contributed by atoms with Crippen LogP contribution >= 0.6 is 0 Å². The van der Waals surface area contributed by atoms with Crippen LogP contribution in [0.5, 0.6) is 0 Å². The normalized spacial score (nSPS) is 21.5. The molecule has 1 aliphatic rings. The van der Waals surface area contributed by atoms with Crippen molar-refractivity contribution in [2.24, 2.45) is 12.8 Å². The summed E-state index contributed by atoms with van der Waals surface area (Å²) in [7, 11) is 1.82. The van der Waals surface area contributed by atoms with Gasteiger partial charge in [-0.15, -0.1) is 0 Å². The second-order valence-corrected chi connectivity index (χ2v) is 5.24. The third-order valence-electron chi connectivity index (χ3n) is 3.87. The standard InChI is InChI=1S/C12H21N5O2/c1-8(13)10-6-4-5-7-16(10)12-11(17(18)19)14-9(2)15(12)3/h8,10H,4-7,13H2,1-3H3. The molecule has 0 radical (unpaired) electrons. The number of imidazole rings is 1. The maximum atomic E-state index is 11.2. The van der Waals surface area contributed by atoms with Gasteiger partial charge in [0.15, 0.2) is 0 Å². The second-order valence-electron chi connectivity index (χ2n) is 5.24. The molecule has 19 heavy (non-hydrogen) atoms. The van der Waals surface area contributed by atoms with Crippen molar-refractivity contribution in [3.8, 4) is 0 Å². The number of aryl methyl sites for hydroxylation is 1. The van der Waals surface area contributed by atoms with E-state index in [1.165, 1.54) is 0 Å². The SMILES string of the molecule is Cc1nc([N+](=O)[O-])c(N2CCCCC2C(C)N)n1C. The first kappa shape index (κ1) is 13.8. The van der Waals surface area contributed by atoms with Gasteiger partial charge < -0.3 is 20.7 Å². The van der Waals surface area contributed by atoms with E-state index in [2.05, 4.69) is 9.88 Å². The Balaban J connectivity index is 2.46. The van der Waals surface area contributed by atoms with Gasteiger partial charge in [0.1, 0.15) is 0 Å². The molecule has 0 spiro atoms. The highest BCUT2D eigenvalue weighted by molar-refractivity contribution is 5.57. The Labute approximate surface area is 112 Å². The molecular formula is C12H21N5O2. The van der Waals surface area contributed by atoms with Crippen molar-refractivity contribution in [3.63, 3.8) is 0 Å². The molecule has 0 bridgehead atoms. The van der Waals surface area contributed by atoms with Crippen LogP contribution in [0.2, 0.25) is 0 Å². The molecule has 1 aromatic rings. The van der Waals surface area contributed by atoms with Gasteiger partial charge in [-0.3, -0.25) is 4.57 Å². The van der Waals surface area contributed by atoms with E-state index >= 15 is 0 Å². The summed E-state index contributed by atoms with van der Waals surface area (Å²) in [5.41, 5.74) is 6.04. The van der Waals surface area contributed by atoms with Gasteiger partial charge in [-0.2, -0.15) is 0 Å². The van der Waals surface area contributed by atoms with Crippen LogP contribution in [0.4, 0.5) is 11.6 Å². The molecule has 1 aliphatic heterocycles. The summed E-state index contributed by atoms with van der Waals surface area (Å²) >= 11 is 0. The fourth-order valence-corrected chi connectivity index (χ4v) is 2.79. The van der Waals surface area contributed by atoms with Crippen molar-refractivity contribution in [2.45, 2.75) is 45.2 Å². The summed E-state index contributed by atoms with van der Waals surface area (Å²) in [4.78, 5) is 16.9. The molecule has 7 heteroatoms. The smallest absolute Gasteiger partial charge is 0.358 e. The van der Waals surface area contributed by atoms with E-state index in [1.54, 1.807) is 11.5 Å². The maximum absolute atomic E-state index is 11.2. The molecule has 2 unspecified atom stereocenters.